The summed E-state index contributed by atoms with van der Waals surface area (Å²) in [5, 5.41) is 0. The van der Waals surface area contributed by atoms with E-state index in [4.69, 9.17) is 14.2 Å². The Kier molecular flexibility index (Phi) is 61.0. The van der Waals surface area contributed by atoms with Crippen molar-refractivity contribution < 1.29 is 28.6 Å². The summed E-state index contributed by atoms with van der Waals surface area (Å²) in [6.07, 6.45) is 96.4. The third-order valence-electron chi connectivity index (χ3n) is 12.7. The van der Waals surface area contributed by atoms with Crippen LogP contribution < -0.4 is 0 Å². The normalized spacial score (nSPS) is 13.3. The number of esters is 3. The van der Waals surface area contributed by atoms with E-state index in [-0.39, 0.29) is 44.0 Å². The molecule has 0 rings (SSSR count). The highest BCUT2D eigenvalue weighted by atomic mass is 16.6. The molecule has 0 aliphatic rings. The van der Waals surface area contributed by atoms with Crippen LogP contribution >= 0.6 is 0 Å². The monoisotopic (exact) mass is 1090 g/mol. The topological polar surface area (TPSA) is 78.9 Å². The van der Waals surface area contributed by atoms with Crippen LogP contribution in [-0.2, 0) is 28.6 Å². The molecule has 0 radical (unpaired) electrons. The Morgan fingerprint density at radius 2 is 0.494 bits per heavy atom. The van der Waals surface area contributed by atoms with Gasteiger partial charge in [-0.2, -0.15) is 0 Å². The van der Waals surface area contributed by atoms with Crippen LogP contribution in [0.4, 0.5) is 0 Å². The van der Waals surface area contributed by atoms with Crippen molar-refractivity contribution in [2.24, 2.45) is 0 Å². The zero-order valence-corrected chi connectivity index (χ0v) is 50.6. The first-order chi connectivity index (χ1) is 39.0. The van der Waals surface area contributed by atoms with Crippen LogP contribution in [0.1, 0.15) is 252 Å². The molecule has 0 saturated carbocycles. The molecule has 1 atom stereocenters. The van der Waals surface area contributed by atoms with Crippen LogP contribution in [0.15, 0.2) is 170 Å². The van der Waals surface area contributed by atoms with E-state index in [0.29, 0.717) is 12.8 Å². The van der Waals surface area contributed by atoms with Crippen LogP contribution in [-0.4, -0.2) is 37.2 Å². The van der Waals surface area contributed by atoms with Gasteiger partial charge < -0.3 is 14.2 Å². The molecular weight excluding hydrogens is 973 g/mol. The number of rotatable bonds is 55. The lowest BCUT2D eigenvalue weighted by atomic mass is 10.1. The lowest BCUT2D eigenvalue weighted by Crippen LogP contribution is -2.30. The van der Waals surface area contributed by atoms with E-state index in [0.717, 1.165) is 154 Å². The summed E-state index contributed by atoms with van der Waals surface area (Å²) in [5.41, 5.74) is 0. The molecule has 0 aliphatic heterocycles. The number of allylic oxidation sites excluding steroid dienone is 28. The van der Waals surface area contributed by atoms with Crippen LogP contribution in [0.5, 0.6) is 0 Å². The highest BCUT2D eigenvalue weighted by Crippen LogP contribution is 2.13. The molecule has 0 spiro atoms. The van der Waals surface area contributed by atoms with Crippen molar-refractivity contribution in [1.29, 1.82) is 0 Å². The minimum atomic E-state index is -0.826. The fourth-order valence-electron chi connectivity index (χ4n) is 8.01. The van der Waals surface area contributed by atoms with Crippen LogP contribution in [0, 0.1) is 0 Å². The first kappa shape index (κ1) is 73.8. The SMILES string of the molecule is CC/C=C\C/C=C\C/C=C\C/C=C\C/C=C\C/C=C\C/C=C\C/C=C\CCCCC(=O)OCC(COC(=O)CCCCC/C=C\C/C=C\C/C=C\CC)OC(=O)CCCCCCCC/C=C\C/C=C\C/C=C\CCCCCCC. The fraction of sp³-hybridized carbons (Fsp3) is 0.575. The number of carbonyl (C=O) groups excluding carboxylic acids is 3. The quantitative estimate of drug-likeness (QED) is 0.0261. The second kappa shape index (κ2) is 65.3. The van der Waals surface area contributed by atoms with Crippen LogP contribution in [0.3, 0.4) is 0 Å². The molecule has 0 N–H and O–H groups in total. The number of unbranched alkanes of at least 4 members (excludes halogenated alkanes) is 16. The van der Waals surface area contributed by atoms with Crippen molar-refractivity contribution in [3.05, 3.63) is 170 Å². The van der Waals surface area contributed by atoms with Gasteiger partial charge in [-0.1, -0.05) is 249 Å². The summed E-state index contributed by atoms with van der Waals surface area (Å²) in [4.78, 5) is 38.3. The molecule has 0 aliphatic carbocycles. The molecular formula is C73H114O6. The Bertz CT molecular complexity index is 1820. The Hall–Kier alpha value is -5.23. The summed E-state index contributed by atoms with van der Waals surface area (Å²) in [7, 11) is 0. The maximum absolute atomic E-state index is 12.9. The summed E-state index contributed by atoms with van der Waals surface area (Å²) in [6, 6.07) is 0. The van der Waals surface area contributed by atoms with Crippen molar-refractivity contribution >= 4 is 17.9 Å². The Morgan fingerprint density at radius 1 is 0.266 bits per heavy atom. The molecule has 0 saturated heterocycles. The highest BCUT2D eigenvalue weighted by Gasteiger charge is 2.19. The van der Waals surface area contributed by atoms with E-state index >= 15 is 0 Å². The van der Waals surface area contributed by atoms with Gasteiger partial charge in [-0.25, -0.2) is 0 Å². The molecule has 6 heteroatoms. The van der Waals surface area contributed by atoms with Gasteiger partial charge in [-0.15, -0.1) is 0 Å². The van der Waals surface area contributed by atoms with Gasteiger partial charge in [0, 0.05) is 19.3 Å². The number of hydrogen-bond donors (Lipinski definition) is 0. The molecule has 6 nitrogen and oxygen atoms in total. The van der Waals surface area contributed by atoms with Crippen molar-refractivity contribution in [3.8, 4) is 0 Å². The van der Waals surface area contributed by atoms with E-state index in [1.165, 1.54) is 51.4 Å². The predicted molar refractivity (Wildman–Crippen MR) is 343 cm³/mol. The summed E-state index contributed by atoms with van der Waals surface area (Å²) < 4.78 is 16.8. The van der Waals surface area contributed by atoms with E-state index in [2.05, 4.69) is 191 Å². The first-order valence-corrected chi connectivity index (χ1v) is 31.6. The molecule has 79 heavy (non-hydrogen) atoms. The van der Waals surface area contributed by atoms with Gasteiger partial charge in [0.1, 0.15) is 13.2 Å². The molecule has 0 heterocycles. The second-order valence-electron chi connectivity index (χ2n) is 20.2. The van der Waals surface area contributed by atoms with Gasteiger partial charge in [0.15, 0.2) is 6.10 Å². The largest absolute Gasteiger partial charge is 0.462 e. The molecule has 0 amide bonds. The molecule has 0 aromatic heterocycles. The first-order valence-electron chi connectivity index (χ1n) is 31.6. The van der Waals surface area contributed by atoms with E-state index in [1.54, 1.807) is 0 Å². The zero-order valence-electron chi connectivity index (χ0n) is 50.6. The lowest BCUT2D eigenvalue weighted by Gasteiger charge is -2.18. The second-order valence-corrected chi connectivity index (χ2v) is 20.2. The smallest absolute Gasteiger partial charge is 0.306 e. The van der Waals surface area contributed by atoms with Crippen molar-refractivity contribution in [2.75, 3.05) is 13.2 Å². The van der Waals surface area contributed by atoms with Gasteiger partial charge >= 0.3 is 17.9 Å². The average molecular weight is 1090 g/mol. The van der Waals surface area contributed by atoms with Gasteiger partial charge in [-0.3, -0.25) is 14.4 Å². The summed E-state index contributed by atoms with van der Waals surface area (Å²) >= 11 is 0. The minimum Gasteiger partial charge on any atom is -0.462 e. The highest BCUT2D eigenvalue weighted by molar-refractivity contribution is 5.71. The standard InChI is InChI=1S/C73H114O6/c1-4-7-10-13-16-19-22-25-27-29-31-33-34-35-36-37-38-40-41-43-45-48-51-54-57-60-63-66-72(75)78-69-70(68-77-71(74)65-62-59-56-53-50-47-24-21-18-15-12-9-6-3)79-73(76)67-64-61-58-55-52-49-46-44-42-39-32-30-28-26-23-20-17-14-11-8-5-2/h7,9-10,12,16,18-19,21,23,25-27,30-33,35-36,38,40,42-45,47,50-51,54,70H,4-6,8,11,13-15,17,20,22,24,28-29,34,37,39,41,46,48-49,52-53,55-69H2,1-3H3/b10-7-,12-9-,19-16-,21-18-,26-23-,27-25-,32-30-,33-31-,36-35-,40-38-,44-42-,45-43-,50-47-,54-51-. The molecule has 442 valence electrons. The maximum Gasteiger partial charge on any atom is 0.306 e. The Balaban J connectivity index is 4.51. The summed E-state index contributed by atoms with van der Waals surface area (Å²) in [5.74, 6) is -1.01. The van der Waals surface area contributed by atoms with Crippen molar-refractivity contribution in [1.82, 2.24) is 0 Å². The fourth-order valence-corrected chi connectivity index (χ4v) is 8.01. The number of carbonyl (C=O) groups is 3. The lowest BCUT2D eigenvalue weighted by molar-refractivity contribution is -0.167. The minimum absolute atomic E-state index is 0.121. The molecule has 0 aromatic carbocycles. The molecule has 0 bridgehead atoms. The van der Waals surface area contributed by atoms with Crippen LogP contribution in [0.2, 0.25) is 0 Å². The van der Waals surface area contributed by atoms with Gasteiger partial charge in [-0.05, 0) is 154 Å². The zero-order chi connectivity index (χ0) is 57.1. The molecule has 1 unspecified atom stereocenters. The predicted octanol–water partition coefficient (Wildman–Crippen LogP) is 21.9. The Morgan fingerprint density at radius 3 is 0.810 bits per heavy atom. The third kappa shape index (κ3) is 63.5. The van der Waals surface area contributed by atoms with Crippen LogP contribution in [0.25, 0.3) is 0 Å². The van der Waals surface area contributed by atoms with Gasteiger partial charge in [0.05, 0.1) is 0 Å². The maximum atomic E-state index is 12.9. The molecule has 0 fully saturated rings. The van der Waals surface area contributed by atoms with Crippen molar-refractivity contribution in [2.45, 2.75) is 258 Å². The Labute approximate surface area is 485 Å². The molecule has 0 aromatic rings. The third-order valence-corrected chi connectivity index (χ3v) is 12.7. The van der Waals surface area contributed by atoms with Crippen molar-refractivity contribution in [3.63, 3.8) is 0 Å². The number of ether oxygens (including phenoxy) is 3. The van der Waals surface area contributed by atoms with E-state index in [9.17, 15) is 14.4 Å². The van der Waals surface area contributed by atoms with E-state index in [1.807, 2.05) is 0 Å². The summed E-state index contributed by atoms with van der Waals surface area (Å²) in [6.45, 7) is 6.32. The van der Waals surface area contributed by atoms with Gasteiger partial charge in [0.2, 0.25) is 0 Å². The average Bonchev–Trinajstić information content (AvgIpc) is 3.45. The van der Waals surface area contributed by atoms with Gasteiger partial charge in [0.25, 0.3) is 0 Å². The van der Waals surface area contributed by atoms with E-state index < -0.39 is 6.10 Å². The number of hydrogen-bond acceptors (Lipinski definition) is 6.